The Morgan fingerprint density at radius 1 is 0.955 bits per heavy atom. The molecule has 0 spiro atoms. The Morgan fingerprint density at radius 3 is 1.82 bits per heavy atom. The quantitative estimate of drug-likeness (QED) is 0.439. The first-order valence-electron chi connectivity index (χ1n) is 6.57. The molecule has 0 bridgehead atoms. The molecule has 0 aliphatic heterocycles. The number of carbonyl (C=O) groups is 1. The van der Waals surface area contributed by atoms with Crippen molar-refractivity contribution in [2.45, 2.75) is 0 Å². The van der Waals surface area contributed by atoms with Gasteiger partial charge in [-0.25, -0.2) is 0 Å². The van der Waals surface area contributed by atoms with Crippen molar-refractivity contribution in [1.82, 2.24) is 10.9 Å². The van der Waals surface area contributed by atoms with E-state index < -0.39 is 13.0 Å². The molecule has 0 heterocycles. The van der Waals surface area contributed by atoms with Crippen LogP contribution >= 0.6 is 19.4 Å². The fourth-order valence-corrected chi connectivity index (χ4v) is 4.55. The first-order chi connectivity index (χ1) is 10.5. The number of rotatable bonds is 4. The summed E-state index contributed by atoms with van der Waals surface area (Å²) < 4.78 is 13.5. The van der Waals surface area contributed by atoms with Crippen LogP contribution in [0.5, 0.6) is 0 Å². The summed E-state index contributed by atoms with van der Waals surface area (Å²) in [5, 5.41) is 1.21. The number of nitrogens with one attached hydrogen (secondary N) is 2. The highest BCUT2D eigenvalue weighted by Gasteiger charge is 2.30. The lowest BCUT2D eigenvalue weighted by atomic mass is 10.4. The predicted molar refractivity (Wildman–Crippen MR) is 92.7 cm³/mol. The number of amides is 1. The summed E-state index contributed by atoms with van der Waals surface area (Å²) in [6, 6.07) is 18.0. The molecular weight excluding hydrogens is 317 g/mol. The second-order valence-electron chi connectivity index (χ2n) is 4.61. The van der Waals surface area contributed by atoms with E-state index in [4.69, 9.17) is 5.73 Å². The van der Waals surface area contributed by atoms with E-state index in [9.17, 15) is 9.36 Å². The Morgan fingerprint density at radius 2 is 1.41 bits per heavy atom. The van der Waals surface area contributed by atoms with Crippen LogP contribution in [0.4, 0.5) is 0 Å². The molecule has 0 atom stereocenters. The highest BCUT2D eigenvalue weighted by Crippen LogP contribution is 2.42. The number of hydrazine groups is 1. The normalized spacial score (nSPS) is 10.7. The number of thiocarbonyl (C=S) groups is 1. The smallest absolute Gasteiger partial charge is 0.246 e. The van der Waals surface area contributed by atoms with Crippen LogP contribution in [0.15, 0.2) is 60.7 Å². The van der Waals surface area contributed by atoms with Crippen LogP contribution in [-0.2, 0) is 9.36 Å². The van der Waals surface area contributed by atoms with Crippen molar-refractivity contribution in [3.05, 3.63) is 60.7 Å². The monoisotopic (exact) mass is 333 g/mol. The fourth-order valence-electron chi connectivity index (χ4n) is 2.04. The third-order valence-electron chi connectivity index (χ3n) is 3.04. The summed E-state index contributed by atoms with van der Waals surface area (Å²) >= 11 is 4.63. The van der Waals surface area contributed by atoms with Crippen molar-refractivity contribution in [2.75, 3.05) is 6.16 Å². The minimum atomic E-state index is -3.08. The number of carbonyl (C=O) groups excluding carboxylic acids is 1. The van der Waals surface area contributed by atoms with E-state index in [1.165, 1.54) is 0 Å². The zero-order valence-corrected chi connectivity index (χ0v) is 13.4. The molecule has 0 aliphatic carbocycles. The van der Waals surface area contributed by atoms with Crippen LogP contribution in [-0.4, -0.2) is 17.2 Å². The Kier molecular flexibility index (Phi) is 5.31. The van der Waals surface area contributed by atoms with Gasteiger partial charge in [0.2, 0.25) is 5.91 Å². The molecule has 2 aromatic carbocycles. The van der Waals surface area contributed by atoms with Crippen molar-refractivity contribution in [3.8, 4) is 0 Å². The molecule has 2 aromatic rings. The summed E-state index contributed by atoms with van der Waals surface area (Å²) in [6.07, 6.45) is -0.170. The van der Waals surface area contributed by atoms with E-state index in [1.54, 1.807) is 48.5 Å². The standard InChI is InChI=1S/C15H16N3O2PS/c16-15(22)18-17-14(19)11-21(20,12-7-3-1-4-8-12)13-9-5-2-6-10-13/h1-10H,11H2,(H,17,19)(H3,16,18,22). The Bertz CT molecular complexity index is 664. The highest BCUT2D eigenvalue weighted by atomic mass is 32.1. The second kappa shape index (κ2) is 7.20. The van der Waals surface area contributed by atoms with Crippen LogP contribution < -0.4 is 27.2 Å². The maximum absolute atomic E-state index is 13.5. The van der Waals surface area contributed by atoms with Gasteiger partial charge in [-0.3, -0.25) is 15.6 Å². The molecule has 0 radical (unpaired) electrons. The molecule has 0 saturated heterocycles. The van der Waals surface area contributed by atoms with Crippen molar-refractivity contribution >= 4 is 41.0 Å². The van der Waals surface area contributed by atoms with Crippen LogP contribution in [0.25, 0.3) is 0 Å². The molecule has 5 nitrogen and oxygen atoms in total. The molecule has 1 amide bonds. The summed E-state index contributed by atoms with van der Waals surface area (Å²) in [4.78, 5) is 12.0. The third-order valence-corrected chi connectivity index (χ3v) is 6.14. The first-order valence-corrected chi connectivity index (χ1v) is 8.87. The molecule has 22 heavy (non-hydrogen) atoms. The maximum Gasteiger partial charge on any atom is 0.246 e. The Hall–Kier alpha value is -2.17. The topological polar surface area (TPSA) is 84.2 Å². The van der Waals surface area contributed by atoms with Gasteiger partial charge in [0.15, 0.2) is 12.3 Å². The van der Waals surface area contributed by atoms with Crippen molar-refractivity contribution in [3.63, 3.8) is 0 Å². The average Bonchev–Trinajstić information content (AvgIpc) is 2.54. The van der Waals surface area contributed by atoms with Gasteiger partial charge in [0.1, 0.15) is 0 Å². The summed E-state index contributed by atoms with van der Waals surface area (Å²) in [7, 11) is -3.08. The summed E-state index contributed by atoms with van der Waals surface area (Å²) in [5.41, 5.74) is 9.97. The molecule has 0 unspecified atom stereocenters. The third kappa shape index (κ3) is 3.93. The molecular formula is C15H16N3O2PS. The number of hydrogen-bond donors (Lipinski definition) is 3. The lowest BCUT2D eigenvalue weighted by molar-refractivity contribution is -0.119. The average molecular weight is 333 g/mol. The molecule has 0 aromatic heterocycles. The zero-order valence-electron chi connectivity index (χ0n) is 11.7. The van der Waals surface area contributed by atoms with Gasteiger partial charge in [0.05, 0.1) is 6.16 Å². The largest absolute Gasteiger partial charge is 0.375 e. The summed E-state index contributed by atoms with van der Waals surface area (Å²) in [5.74, 6) is -0.441. The van der Waals surface area contributed by atoms with Crippen LogP contribution in [0.3, 0.4) is 0 Å². The Labute approximate surface area is 134 Å². The van der Waals surface area contributed by atoms with Gasteiger partial charge in [0.25, 0.3) is 0 Å². The fraction of sp³-hybridized carbons (Fsp3) is 0.0667. The van der Waals surface area contributed by atoms with E-state index in [1.807, 2.05) is 12.1 Å². The van der Waals surface area contributed by atoms with Crippen LogP contribution in [0, 0.1) is 0 Å². The van der Waals surface area contributed by atoms with Gasteiger partial charge in [-0.1, -0.05) is 60.7 Å². The van der Waals surface area contributed by atoms with Crippen molar-refractivity contribution in [1.29, 1.82) is 0 Å². The van der Waals surface area contributed by atoms with Gasteiger partial charge in [0, 0.05) is 10.6 Å². The Balaban J connectivity index is 2.33. The highest BCUT2D eigenvalue weighted by molar-refractivity contribution is 7.80. The number of nitrogens with two attached hydrogens (primary N) is 1. The lowest BCUT2D eigenvalue weighted by Gasteiger charge is -2.19. The van der Waals surface area contributed by atoms with E-state index >= 15 is 0 Å². The molecule has 4 N–H and O–H groups in total. The maximum atomic E-state index is 13.5. The van der Waals surface area contributed by atoms with Crippen molar-refractivity contribution in [2.24, 2.45) is 5.73 Å². The van der Waals surface area contributed by atoms with E-state index in [2.05, 4.69) is 23.1 Å². The van der Waals surface area contributed by atoms with Crippen LogP contribution in [0.2, 0.25) is 0 Å². The predicted octanol–water partition coefficient (Wildman–Crippen LogP) is 0.865. The van der Waals surface area contributed by atoms with E-state index in [0.29, 0.717) is 10.6 Å². The van der Waals surface area contributed by atoms with Gasteiger partial charge < -0.3 is 10.3 Å². The first kappa shape index (κ1) is 16.2. The second-order valence-corrected chi connectivity index (χ2v) is 7.87. The lowest BCUT2D eigenvalue weighted by Crippen LogP contribution is -2.46. The van der Waals surface area contributed by atoms with E-state index in [0.717, 1.165) is 0 Å². The molecule has 0 fully saturated rings. The SMILES string of the molecule is NC(=S)NNC(=O)CP(=O)(c1ccccc1)c1ccccc1. The summed E-state index contributed by atoms with van der Waals surface area (Å²) in [6.45, 7) is 0. The minimum Gasteiger partial charge on any atom is -0.375 e. The number of hydrogen-bond acceptors (Lipinski definition) is 3. The minimum absolute atomic E-state index is 0.0531. The van der Waals surface area contributed by atoms with Gasteiger partial charge in [-0.05, 0) is 12.2 Å². The van der Waals surface area contributed by atoms with Crippen molar-refractivity contribution < 1.29 is 9.36 Å². The van der Waals surface area contributed by atoms with Gasteiger partial charge in [-0.2, -0.15) is 0 Å². The van der Waals surface area contributed by atoms with E-state index in [-0.39, 0.29) is 11.3 Å². The molecule has 0 saturated carbocycles. The van der Waals surface area contributed by atoms with Gasteiger partial charge in [-0.15, -0.1) is 0 Å². The molecule has 0 aliphatic rings. The number of benzene rings is 2. The van der Waals surface area contributed by atoms with Crippen LogP contribution in [0.1, 0.15) is 0 Å². The van der Waals surface area contributed by atoms with Gasteiger partial charge >= 0.3 is 0 Å². The molecule has 114 valence electrons. The zero-order chi connectivity index (χ0) is 16.0. The molecule has 2 rings (SSSR count). The molecule has 7 heteroatoms.